The molecule has 2 aliphatic rings. The highest BCUT2D eigenvalue weighted by Gasteiger charge is 2.39. The average Bonchev–Trinajstić information content (AvgIpc) is 2.54. The quantitative estimate of drug-likeness (QED) is 0.762. The first-order chi connectivity index (χ1) is 7.83. The van der Waals surface area contributed by atoms with E-state index in [4.69, 9.17) is 0 Å². The Balaban J connectivity index is 2.30. The van der Waals surface area contributed by atoms with Crippen LogP contribution in [0.4, 0.5) is 0 Å². The summed E-state index contributed by atoms with van der Waals surface area (Å²) in [6.07, 6.45) is 6.52. The molecule has 1 nitrogen and oxygen atoms in total. The minimum Gasteiger partial charge on any atom is -0.385 e. The van der Waals surface area contributed by atoms with Crippen LogP contribution in [0.1, 0.15) is 40.5 Å². The van der Waals surface area contributed by atoms with Crippen LogP contribution >= 0.6 is 15.9 Å². The molecular weight excluding hydrogens is 276 g/mol. The van der Waals surface area contributed by atoms with Crippen LogP contribution in [0.3, 0.4) is 0 Å². The number of rotatable bonds is 2. The monoisotopic (exact) mass is 298 g/mol. The molecule has 2 heteroatoms. The minimum atomic E-state index is -0.633. The average molecular weight is 299 g/mol. The summed E-state index contributed by atoms with van der Waals surface area (Å²) < 4.78 is 0. The molecule has 0 unspecified atom stereocenters. The number of fused-ring (bicyclic) bond motifs is 1. The van der Waals surface area contributed by atoms with Gasteiger partial charge in [-0.3, -0.25) is 0 Å². The van der Waals surface area contributed by atoms with Crippen LogP contribution in [0.15, 0.2) is 23.3 Å². The highest BCUT2D eigenvalue weighted by atomic mass is 79.9. The largest absolute Gasteiger partial charge is 0.385 e. The van der Waals surface area contributed by atoms with Gasteiger partial charge in [0.1, 0.15) is 0 Å². The van der Waals surface area contributed by atoms with Crippen molar-refractivity contribution in [2.75, 3.05) is 0 Å². The SMILES string of the molecule is CC(C)[C@@H](Br)[C@H]1C=C2C(=CC[C@@]2(C)O)[C@H](C)C1. The lowest BCUT2D eigenvalue weighted by Gasteiger charge is -2.34. The van der Waals surface area contributed by atoms with Gasteiger partial charge in [0.05, 0.1) is 5.60 Å². The molecule has 2 aliphatic carbocycles. The zero-order valence-electron chi connectivity index (χ0n) is 11.2. The van der Waals surface area contributed by atoms with Gasteiger partial charge < -0.3 is 5.11 Å². The van der Waals surface area contributed by atoms with E-state index in [1.54, 1.807) is 0 Å². The summed E-state index contributed by atoms with van der Waals surface area (Å²) >= 11 is 3.82. The maximum atomic E-state index is 10.4. The van der Waals surface area contributed by atoms with E-state index in [0.717, 1.165) is 6.42 Å². The van der Waals surface area contributed by atoms with E-state index in [1.165, 1.54) is 17.6 Å². The van der Waals surface area contributed by atoms with E-state index in [2.05, 4.69) is 48.9 Å². The molecule has 0 saturated carbocycles. The predicted octanol–water partition coefficient (Wildman–Crippen LogP) is 4.07. The van der Waals surface area contributed by atoms with Gasteiger partial charge in [-0.05, 0) is 48.7 Å². The molecule has 0 fully saturated rings. The summed E-state index contributed by atoms with van der Waals surface area (Å²) in [7, 11) is 0. The topological polar surface area (TPSA) is 20.2 Å². The van der Waals surface area contributed by atoms with E-state index in [0.29, 0.717) is 22.6 Å². The van der Waals surface area contributed by atoms with Gasteiger partial charge in [-0.25, -0.2) is 0 Å². The summed E-state index contributed by atoms with van der Waals surface area (Å²) in [6, 6.07) is 0. The Morgan fingerprint density at radius 2 is 2.12 bits per heavy atom. The highest BCUT2D eigenvalue weighted by Crippen LogP contribution is 2.46. The van der Waals surface area contributed by atoms with Gasteiger partial charge >= 0.3 is 0 Å². The van der Waals surface area contributed by atoms with Crippen LogP contribution in [0.25, 0.3) is 0 Å². The number of aliphatic hydroxyl groups is 1. The third-order valence-corrected chi connectivity index (χ3v) is 5.93. The normalized spacial score (nSPS) is 38.8. The van der Waals surface area contributed by atoms with Crippen LogP contribution < -0.4 is 0 Å². The second kappa shape index (κ2) is 4.55. The maximum absolute atomic E-state index is 10.4. The van der Waals surface area contributed by atoms with E-state index in [-0.39, 0.29) is 0 Å². The lowest BCUT2D eigenvalue weighted by atomic mass is 9.75. The Bertz CT molecular complexity index is 365. The van der Waals surface area contributed by atoms with Crippen molar-refractivity contribution < 1.29 is 5.11 Å². The van der Waals surface area contributed by atoms with Gasteiger partial charge in [0.25, 0.3) is 0 Å². The summed E-state index contributed by atoms with van der Waals surface area (Å²) in [5.41, 5.74) is 1.94. The first-order valence-corrected chi connectivity index (χ1v) is 7.53. The van der Waals surface area contributed by atoms with E-state index in [9.17, 15) is 5.11 Å². The first kappa shape index (κ1) is 13.4. The molecule has 2 rings (SSSR count). The van der Waals surface area contributed by atoms with E-state index < -0.39 is 5.60 Å². The Kier molecular flexibility index (Phi) is 3.57. The van der Waals surface area contributed by atoms with Crippen molar-refractivity contribution in [3.05, 3.63) is 23.3 Å². The Morgan fingerprint density at radius 3 is 2.71 bits per heavy atom. The molecule has 0 heterocycles. The molecule has 17 heavy (non-hydrogen) atoms. The summed E-state index contributed by atoms with van der Waals surface area (Å²) in [4.78, 5) is 0.510. The third kappa shape index (κ3) is 2.39. The van der Waals surface area contributed by atoms with Crippen molar-refractivity contribution in [2.24, 2.45) is 17.8 Å². The van der Waals surface area contributed by atoms with Crippen molar-refractivity contribution in [1.29, 1.82) is 0 Å². The molecule has 96 valence electrons. The number of hydrogen-bond donors (Lipinski definition) is 1. The molecule has 0 radical (unpaired) electrons. The number of halogens is 1. The first-order valence-electron chi connectivity index (χ1n) is 6.62. The number of allylic oxidation sites excluding steroid dienone is 1. The Morgan fingerprint density at radius 1 is 1.47 bits per heavy atom. The number of hydrogen-bond acceptors (Lipinski definition) is 1. The molecule has 4 atom stereocenters. The molecular formula is C15H23BrO. The van der Waals surface area contributed by atoms with Crippen LogP contribution in [0, 0.1) is 17.8 Å². The second-order valence-electron chi connectivity index (χ2n) is 6.21. The zero-order chi connectivity index (χ0) is 12.8. The predicted molar refractivity (Wildman–Crippen MR) is 76.2 cm³/mol. The smallest absolute Gasteiger partial charge is 0.0902 e. The fourth-order valence-electron chi connectivity index (χ4n) is 3.12. The van der Waals surface area contributed by atoms with Crippen molar-refractivity contribution in [1.82, 2.24) is 0 Å². The van der Waals surface area contributed by atoms with Crippen LogP contribution in [0.2, 0.25) is 0 Å². The van der Waals surface area contributed by atoms with Crippen LogP contribution in [-0.4, -0.2) is 15.5 Å². The zero-order valence-corrected chi connectivity index (χ0v) is 12.8. The Labute approximate surface area is 113 Å². The lowest BCUT2D eigenvalue weighted by Crippen LogP contribution is -2.31. The molecule has 0 spiro atoms. The van der Waals surface area contributed by atoms with Crippen molar-refractivity contribution >= 4 is 15.9 Å². The standard InChI is InChI=1S/C15H23BrO/c1-9(2)14(16)11-7-10(3)12-5-6-15(4,17)13(12)8-11/h5,8-11,14,17H,6-7H2,1-4H3/t10-,11-,14-,15-/m1/s1. The fraction of sp³-hybridized carbons (Fsp3) is 0.733. The Hall–Kier alpha value is -0.0800. The molecule has 0 aromatic carbocycles. The minimum absolute atomic E-state index is 0.510. The van der Waals surface area contributed by atoms with Gasteiger partial charge in [0, 0.05) is 4.83 Å². The molecule has 0 aliphatic heterocycles. The molecule has 0 bridgehead atoms. The van der Waals surface area contributed by atoms with Crippen molar-refractivity contribution in [2.45, 2.75) is 51.0 Å². The van der Waals surface area contributed by atoms with E-state index in [1.807, 2.05) is 6.92 Å². The highest BCUT2D eigenvalue weighted by molar-refractivity contribution is 9.09. The van der Waals surface area contributed by atoms with Crippen LogP contribution in [-0.2, 0) is 0 Å². The van der Waals surface area contributed by atoms with Crippen molar-refractivity contribution in [3.63, 3.8) is 0 Å². The molecule has 0 saturated heterocycles. The molecule has 0 aromatic rings. The van der Waals surface area contributed by atoms with Gasteiger partial charge in [0.15, 0.2) is 0 Å². The lowest BCUT2D eigenvalue weighted by molar-refractivity contribution is 0.108. The van der Waals surface area contributed by atoms with Gasteiger partial charge in [-0.1, -0.05) is 48.9 Å². The summed E-state index contributed by atoms with van der Waals surface area (Å²) in [6.45, 7) is 8.73. The van der Waals surface area contributed by atoms with Gasteiger partial charge in [-0.2, -0.15) is 0 Å². The third-order valence-electron chi connectivity index (χ3n) is 4.19. The maximum Gasteiger partial charge on any atom is 0.0902 e. The van der Waals surface area contributed by atoms with Gasteiger partial charge in [-0.15, -0.1) is 0 Å². The molecule has 0 aromatic heterocycles. The second-order valence-corrected chi connectivity index (χ2v) is 7.26. The summed E-state index contributed by atoms with van der Waals surface area (Å²) in [5.74, 6) is 1.75. The molecule has 1 N–H and O–H groups in total. The fourth-order valence-corrected chi connectivity index (χ4v) is 3.48. The molecule has 0 amide bonds. The van der Waals surface area contributed by atoms with Crippen LogP contribution in [0.5, 0.6) is 0 Å². The van der Waals surface area contributed by atoms with E-state index >= 15 is 0 Å². The van der Waals surface area contributed by atoms with Gasteiger partial charge in [0.2, 0.25) is 0 Å². The summed E-state index contributed by atoms with van der Waals surface area (Å²) in [5, 5.41) is 10.4. The number of alkyl halides is 1. The van der Waals surface area contributed by atoms with Crippen molar-refractivity contribution in [3.8, 4) is 0 Å².